The van der Waals surface area contributed by atoms with Gasteiger partial charge in [0, 0.05) is 24.6 Å². The Kier molecular flexibility index (Phi) is 6.74. The standard InChI is InChI=1S/C18H22N2O6/c1-11(2)8-19-18(23)20-15(21)10-25-17(22)16-13(9-24-3)12-6-4-5-7-14(12)26-16/h4-7,11H,8-10H2,1-3H3,(H2,19,20,21,23). The Hall–Kier alpha value is -2.87. The zero-order valence-electron chi connectivity index (χ0n) is 15.0. The number of carbonyl (C=O) groups is 3. The number of hydrogen-bond acceptors (Lipinski definition) is 6. The van der Waals surface area contributed by atoms with Crippen molar-refractivity contribution in [1.29, 1.82) is 0 Å². The minimum absolute atomic E-state index is 0.0230. The molecule has 26 heavy (non-hydrogen) atoms. The summed E-state index contributed by atoms with van der Waals surface area (Å²) in [6.07, 6.45) is 0. The highest BCUT2D eigenvalue weighted by Crippen LogP contribution is 2.27. The molecular formula is C18H22N2O6. The van der Waals surface area contributed by atoms with E-state index >= 15 is 0 Å². The fraction of sp³-hybridized carbons (Fsp3) is 0.389. The molecule has 1 aromatic carbocycles. The van der Waals surface area contributed by atoms with Gasteiger partial charge in [-0.1, -0.05) is 32.0 Å². The molecule has 140 valence electrons. The second-order valence-electron chi connectivity index (χ2n) is 6.07. The van der Waals surface area contributed by atoms with Gasteiger partial charge in [0.2, 0.25) is 5.76 Å². The highest BCUT2D eigenvalue weighted by molar-refractivity contribution is 5.98. The molecule has 2 N–H and O–H groups in total. The van der Waals surface area contributed by atoms with Gasteiger partial charge in [-0.15, -0.1) is 0 Å². The largest absolute Gasteiger partial charge is 0.450 e. The normalized spacial score (nSPS) is 10.8. The Morgan fingerprint density at radius 1 is 1.19 bits per heavy atom. The van der Waals surface area contributed by atoms with Crippen LogP contribution in [0, 0.1) is 5.92 Å². The van der Waals surface area contributed by atoms with Crippen LogP contribution in [0.4, 0.5) is 4.79 Å². The molecule has 0 fully saturated rings. The third kappa shape index (κ3) is 5.06. The van der Waals surface area contributed by atoms with Crippen LogP contribution in [0.15, 0.2) is 28.7 Å². The number of carbonyl (C=O) groups excluding carboxylic acids is 3. The summed E-state index contributed by atoms with van der Waals surface area (Å²) in [5.41, 5.74) is 1.06. The molecule has 0 aliphatic carbocycles. The van der Waals surface area contributed by atoms with Gasteiger partial charge in [-0.2, -0.15) is 0 Å². The highest BCUT2D eigenvalue weighted by atomic mass is 16.5. The van der Waals surface area contributed by atoms with Crippen molar-refractivity contribution in [2.75, 3.05) is 20.3 Å². The molecule has 0 saturated heterocycles. The minimum atomic E-state index is -0.800. The Labute approximate surface area is 150 Å². The number of imide groups is 1. The van der Waals surface area contributed by atoms with Crippen LogP contribution in [0.3, 0.4) is 0 Å². The lowest BCUT2D eigenvalue weighted by atomic mass is 10.1. The quantitative estimate of drug-likeness (QED) is 0.732. The number of nitrogens with one attached hydrogen (secondary N) is 2. The molecule has 1 heterocycles. The molecule has 8 nitrogen and oxygen atoms in total. The van der Waals surface area contributed by atoms with Crippen LogP contribution in [-0.4, -0.2) is 38.2 Å². The first kappa shape index (κ1) is 19.5. The van der Waals surface area contributed by atoms with Crippen molar-refractivity contribution in [1.82, 2.24) is 10.6 Å². The maximum absolute atomic E-state index is 12.3. The third-order valence-electron chi connectivity index (χ3n) is 3.43. The number of ether oxygens (including phenoxy) is 2. The summed E-state index contributed by atoms with van der Waals surface area (Å²) in [4.78, 5) is 35.5. The first-order valence-electron chi connectivity index (χ1n) is 8.16. The monoisotopic (exact) mass is 362 g/mol. The first-order valence-corrected chi connectivity index (χ1v) is 8.16. The summed E-state index contributed by atoms with van der Waals surface area (Å²) in [7, 11) is 1.50. The van der Waals surface area contributed by atoms with Crippen LogP contribution in [0.25, 0.3) is 11.0 Å². The topological polar surface area (TPSA) is 107 Å². The minimum Gasteiger partial charge on any atom is -0.450 e. The van der Waals surface area contributed by atoms with Crippen molar-refractivity contribution in [3.63, 3.8) is 0 Å². The first-order chi connectivity index (χ1) is 12.4. The summed E-state index contributed by atoms with van der Waals surface area (Å²) in [5.74, 6) is -1.30. The second kappa shape index (κ2) is 9.00. The smallest absolute Gasteiger partial charge is 0.375 e. The van der Waals surface area contributed by atoms with E-state index in [1.807, 2.05) is 19.9 Å². The fourth-order valence-corrected chi connectivity index (χ4v) is 2.25. The maximum atomic E-state index is 12.3. The van der Waals surface area contributed by atoms with E-state index in [1.165, 1.54) is 7.11 Å². The van der Waals surface area contributed by atoms with Crippen LogP contribution >= 0.6 is 0 Å². The highest BCUT2D eigenvalue weighted by Gasteiger charge is 2.22. The number of hydrogen-bond donors (Lipinski definition) is 2. The summed E-state index contributed by atoms with van der Waals surface area (Å²) in [6.45, 7) is 3.84. The van der Waals surface area contributed by atoms with E-state index in [2.05, 4.69) is 10.6 Å². The number of esters is 1. The molecule has 0 spiro atoms. The van der Waals surface area contributed by atoms with E-state index in [9.17, 15) is 14.4 Å². The van der Waals surface area contributed by atoms with Crippen LogP contribution in [0.5, 0.6) is 0 Å². The van der Waals surface area contributed by atoms with Gasteiger partial charge in [-0.3, -0.25) is 10.1 Å². The van der Waals surface area contributed by atoms with Gasteiger partial charge in [0.05, 0.1) is 6.61 Å². The molecule has 0 saturated carbocycles. The molecule has 8 heteroatoms. The van der Waals surface area contributed by atoms with E-state index in [1.54, 1.807) is 18.2 Å². The van der Waals surface area contributed by atoms with Crippen molar-refractivity contribution < 1.29 is 28.3 Å². The average molecular weight is 362 g/mol. The third-order valence-corrected chi connectivity index (χ3v) is 3.43. The predicted octanol–water partition coefficient (Wildman–Crippen LogP) is 2.22. The van der Waals surface area contributed by atoms with Gasteiger partial charge in [0.1, 0.15) is 5.58 Å². The molecule has 2 rings (SSSR count). The van der Waals surface area contributed by atoms with Crippen molar-refractivity contribution in [2.45, 2.75) is 20.5 Å². The molecule has 0 aliphatic heterocycles. The van der Waals surface area contributed by atoms with Crippen LogP contribution < -0.4 is 10.6 Å². The number of amides is 3. The van der Waals surface area contributed by atoms with Crippen LogP contribution in [0.2, 0.25) is 0 Å². The molecule has 0 aliphatic rings. The number of furan rings is 1. The van der Waals surface area contributed by atoms with E-state index < -0.39 is 24.5 Å². The lowest BCUT2D eigenvalue weighted by Crippen LogP contribution is -2.42. The van der Waals surface area contributed by atoms with Gasteiger partial charge in [0.15, 0.2) is 6.61 Å². The molecule has 2 aromatic rings. The molecule has 0 atom stereocenters. The number of methoxy groups -OCH3 is 1. The van der Waals surface area contributed by atoms with Gasteiger partial charge in [0.25, 0.3) is 5.91 Å². The summed E-state index contributed by atoms with van der Waals surface area (Å²) in [5, 5.41) is 5.35. The number of urea groups is 1. The number of para-hydroxylation sites is 1. The molecule has 0 bridgehead atoms. The Bertz CT molecular complexity index is 796. The van der Waals surface area contributed by atoms with E-state index in [0.717, 1.165) is 5.39 Å². The van der Waals surface area contributed by atoms with Crippen molar-refractivity contribution in [3.05, 3.63) is 35.6 Å². The average Bonchev–Trinajstić information content (AvgIpc) is 2.97. The molecule has 3 amide bonds. The van der Waals surface area contributed by atoms with Gasteiger partial charge >= 0.3 is 12.0 Å². The molecular weight excluding hydrogens is 340 g/mol. The zero-order valence-corrected chi connectivity index (χ0v) is 15.0. The molecule has 1 aromatic heterocycles. The maximum Gasteiger partial charge on any atom is 0.375 e. The SMILES string of the molecule is COCc1c(C(=O)OCC(=O)NC(=O)NCC(C)C)oc2ccccc12. The van der Waals surface area contributed by atoms with Gasteiger partial charge in [-0.05, 0) is 12.0 Å². The van der Waals surface area contributed by atoms with Crippen molar-refractivity contribution in [2.24, 2.45) is 5.92 Å². The summed E-state index contributed by atoms with van der Waals surface area (Å²) >= 11 is 0. The van der Waals surface area contributed by atoms with Gasteiger partial charge < -0.3 is 19.2 Å². The Balaban J connectivity index is 1.97. The van der Waals surface area contributed by atoms with Crippen LogP contribution in [-0.2, 0) is 20.9 Å². The van der Waals surface area contributed by atoms with Crippen molar-refractivity contribution in [3.8, 4) is 0 Å². The fourth-order valence-electron chi connectivity index (χ4n) is 2.25. The molecule has 0 radical (unpaired) electrons. The number of fused-ring (bicyclic) bond motifs is 1. The van der Waals surface area contributed by atoms with Crippen LogP contribution in [0.1, 0.15) is 30.0 Å². The number of benzene rings is 1. The summed E-state index contributed by atoms with van der Waals surface area (Å²) in [6, 6.07) is 6.48. The Morgan fingerprint density at radius 3 is 2.62 bits per heavy atom. The lowest BCUT2D eigenvalue weighted by Gasteiger charge is -2.08. The zero-order chi connectivity index (χ0) is 19.1. The second-order valence-corrected chi connectivity index (χ2v) is 6.07. The molecule has 0 unspecified atom stereocenters. The van der Waals surface area contributed by atoms with E-state index in [-0.39, 0.29) is 18.3 Å². The predicted molar refractivity (Wildman–Crippen MR) is 93.6 cm³/mol. The van der Waals surface area contributed by atoms with Gasteiger partial charge in [-0.25, -0.2) is 9.59 Å². The Morgan fingerprint density at radius 2 is 1.92 bits per heavy atom. The summed E-state index contributed by atoms with van der Waals surface area (Å²) < 4.78 is 15.6. The van der Waals surface area contributed by atoms with E-state index in [0.29, 0.717) is 17.7 Å². The van der Waals surface area contributed by atoms with E-state index in [4.69, 9.17) is 13.9 Å². The number of rotatable bonds is 7. The lowest BCUT2D eigenvalue weighted by molar-refractivity contribution is -0.123. The van der Waals surface area contributed by atoms with Crippen molar-refractivity contribution >= 4 is 28.9 Å².